The number of urea groups is 1. The summed E-state index contributed by atoms with van der Waals surface area (Å²) in [5.74, 6) is 1.64. The number of carboxylic acids is 1. The van der Waals surface area contributed by atoms with Crippen LogP contribution in [0.2, 0.25) is 0 Å². The Hall–Kier alpha value is -2.48. The summed E-state index contributed by atoms with van der Waals surface area (Å²) in [4.78, 5) is 24.1. The predicted octanol–water partition coefficient (Wildman–Crippen LogP) is 2.58. The fraction of sp³-hybridized carbons (Fsp3) is 0.375. The number of nitrogens with zero attached hydrogens (tertiary/aromatic N) is 1. The van der Waals surface area contributed by atoms with Gasteiger partial charge in [-0.1, -0.05) is 25.0 Å². The number of carbonyl (C=O) groups is 2. The number of benzene rings is 1. The van der Waals surface area contributed by atoms with Crippen molar-refractivity contribution in [2.45, 2.75) is 26.2 Å². The fourth-order valence-electron chi connectivity index (χ4n) is 1.84. The van der Waals surface area contributed by atoms with E-state index in [1.165, 1.54) is 0 Å². The van der Waals surface area contributed by atoms with Gasteiger partial charge in [0.25, 0.3) is 0 Å². The van der Waals surface area contributed by atoms with Crippen LogP contribution < -0.4 is 5.32 Å². The van der Waals surface area contributed by atoms with Crippen molar-refractivity contribution in [2.75, 3.05) is 18.4 Å². The molecule has 0 aliphatic rings. The van der Waals surface area contributed by atoms with Gasteiger partial charge in [0.05, 0.1) is 6.54 Å². The number of hydrogen-bond acceptors (Lipinski definition) is 2. The maximum absolute atomic E-state index is 12.0. The summed E-state index contributed by atoms with van der Waals surface area (Å²) in [7, 11) is 0. The van der Waals surface area contributed by atoms with Gasteiger partial charge in [0.2, 0.25) is 0 Å². The van der Waals surface area contributed by atoms with Crippen molar-refractivity contribution < 1.29 is 14.7 Å². The van der Waals surface area contributed by atoms with Gasteiger partial charge >= 0.3 is 12.0 Å². The van der Waals surface area contributed by atoms with Crippen LogP contribution in [0.25, 0.3) is 0 Å². The van der Waals surface area contributed by atoms with Gasteiger partial charge in [0.1, 0.15) is 0 Å². The van der Waals surface area contributed by atoms with Gasteiger partial charge in [-0.25, -0.2) is 4.79 Å². The van der Waals surface area contributed by atoms with Gasteiger partial charge in [-0.3, -0.25) is 4.79 Å². The molecule has 0 aromatic heterocycles. The molecule has 0 radical (unpaired) electrons. The molecule has 5 heteroatoms. The van der Waals surface area contributed by atoms with Gasteiger partial charge in [0.15, 0.2) is 0 Å². The second-order valence-electron chi connectivity index (χ2n) is 4.65. The topological polar surface area (TPSA) is 69.6 Å². The van der Waals surface area contributed by atoms with E-state index in [1.54, 1.807) is 17.0 Å². The van der Waals surface area contributed by atoms with Crippen LogP contribution in [0.3, 0.4) is 0 Å². The molecule has 2 amide bonds. The second-order valence-corrected chi connectivity index (χ2v) is 4.65. The predicted molar refractivity (Wildman–Crippen MR) is 82.1 cm³/mol. The second kappa shape index (κ2) is 8.64. The van der Waals surface area contributed by atoms with Crippen molar-refractivity contribution in [3.63, 3.8) is 0 Å². The summed E-state index contributed by atoms with van der Waals surface area (Å²) < 4.78 is 0. The molecular formula is C16H20N2O3. The zero-order valence-electron chi connectivity index (χ0n) is 12.1. The Morgan fingerprint density at radius 1 is 1.33 bits per heavy atom. The Morgan fingerprint density at radius 2 is 2.00 bits per heavy atom. The first kappa shape index (κ1) is 16.6. The highest BCUT2D eigenvalue weighted by molar-refractivity contribution is 5.89. The Bertz CT molecular complexity index is 517. The van der Waals surface area contributed by atoms with Gasteiger partial charge in [-0.05, 0) is 30.5 Å². The van der Waals surface area contributed by atoms with E-state index in [2.05, 4.69) is 11.2 Å². The quantitative estimate of drug-likeness (QED) is 0.758. The van der Waals surface area contributed by atoms with Crippen molar-refractivity contribution in [3.05, 3.63) is 29.8 Å². The third kappa shape index (κ3) is 6.00. The monoisotopic (exact) mass is 288 g/mol. The molecule has 1 aromatic carbocycles. The number of aliphatic carboxylic acids is 1. The molecule has 0 spiro atoms. The molecule has 0 unspecified atom stereocenters. The molecule has 0 aliphatic carbocycles. The molecule has 0 fully saturated rings. The number of terminal acetylenes is 1. The average Bonchev–Trinajstić information content (AvgIpc) is 2.46. The molecule has 0 saturated heterocycles. The number of aryl methyl sites for hydroxylation is 1. The van der Waals surface area contributed by atoms with E-state index in [1.807, 2.05) is 19.1 Å². The van der Waals surface area contributed by atoms with E-state index in [-0.39, 0.29) is 19.0 Å². The largest absolute Gasteiger partial charge is 0.481 e. The zero-order chi connectivity index (χ0) is 15.7. The zero-order valence-corrected chi connectivity index (χ0v) is 12.1. The lowest BCUT2D eigenvalue weighted by Crippen LogP contribution is -2.35. The van der Waals surface area contributed by atoms with Gasteiger partial charge in [-0.15, -0.1) is 6.42 Å². The van der Waals surface area contributed by atoms with Crippen molar-refractivity contribution in [1.29, 1.82) is 0 Å². The lowest BCUT2D eigenvalue weighted by Gasteiger charge is -2.20. The standard InChI is InChI=1S/C16H20N2O3/c1-3-11-18(12-4-2)16(21)17-14-8-5-13(6-9-14)7-10-15(19)20/h1,5-6,8-9H,4,7,10-12H2,2H3,(H,17,21)(H,19,20). The van der Waals surface area contributed by atoms with Gasteiger partial charge in [-0.2, -0.15) is 0 Å². The first-order valence-corrected chi connectivity index (χ1v) is 6.87. The first-order chi connectivity index (χ1) is 10.1. The normalized spacial score (nSPS) is 9.71. The highest BCUT2D eigenvalue weighted by atomic mass is 16.4. The van der Waals surface area contributed by atoms with Crippen LogP contribution in [0.15, 0.2) is 24.3 Å². The van der Waals surface area contributed by atoms with Crippen LogP contribution in [0.4, 0.5) is 10.5 Å². The molecule has 0 aliphatic heterocycles. The molecule has 21 heavy (non-hydrogen) atoms. The molecule has 5 nitrogen and oxygen atoms in total. The van der Waals surface area contributed by atoms with Crippen molar-refractivity contribution in [1.82, 2.24) is 4.90 Å². The van der Waals surface area contributed by atoms with E-state index in [4.69, 9.17) is 11.5 Å². The molecule has 0 bridgehead atoms. The van der Waals surface area contributed by atoms with Crippen LogP contribution in [0, 0.1) is 12.3 Å². The number of anilines is 1. The number of amides is 2. The molecule has 0 atom stereocenters. The Kier molecular flexibility index (Phi) is 6.82. The third-order valence-electron chi connectivity index (χ3n) is 2.90. The molecule has 1 aromatic rings. The van der Waals surface area contributed by atoms with Crippen LogP contribution in [-0.2, 0) is 11.2 Å². The van der Waals surface area contributed by atoms with Crippen LogP contribution >= 0.6 is 0 Å². The molecule has 0 heterocycles. The van der Waals surface area contributed by atoms with Crippen LogP contribution in [0.1, 0.15) is 25.3 Å². The number of carboxylic acid groups (broad SMARTS) is 1. The summed E-state index contributed by atoms with van der Waals surface area (Å²) in [6.45, 7) is 2.86. The van der Waals surface area contributed by atoms with E-state index in [0.717, 1.165) is 12.0 Å². The number of carbonyl (C=O) groups excluding carboxylic acids is 1. The minimum Gasteiger partial charge on any atom is -0.481 e. The SMILES string of the molecule is C#CCN(CCC)C(=O)Nc1ccc(CCC(=O)O)cc1. The minimum absolute atomic E-state index is 0.0954. The summed E-state index contributed by atoms with van der Waals surface area (Å²) >= 11 is 0. The highest BCUT2D eigenvalue weighted by Crippen LogP contribution is 2.12. The lowest BCUT2D eigenvalue weighted by atomic mass is 10.1. The number of rotatable bonds is 7. The Balaban J connectivity index is 2.59. The van der Waals surface area contributed by atoms with Gasteiger partial charge in [0, 0.05) is 18.7 Å². The van der Waals surface area contributed by atoms with Crippen LogP contribution in [-0.4, -0.2) is 35.1 Å². The molecule has 0 saturated carbocycles. The number of nitrogens with one attached hydrogen (secondary N) is 1. The molecular weight excluding hydrogens is 268 g/mol. The van der Waals surface area contributed by atoms with E-state index in [0.29, 0.717) is 18.7 Å². The Morgan fingerprint density at radius 3 is 2.52 bits per heavy atom. The molecule has 112 valence electrons. The van der Waals surface area contributed by atoms with E-state index >= 15 is 0 Å². The smallest absolute Gasteiger partial charge is 0.322 e. The Labute approximate surface area is 125 Å². The van der Waals surface area contributed by atoms with Crippen molar-refractivity contribution >= 4 is 17.7 Å². The van der Waals surface area contributed by atoms with Crippen molar-refractivity contribution in [3.8, 4) is 12.3 Å². The fourth-order valence-corrected chi connectivity index (χ4v) is 1.84. The van der Waals surface area contributed by atoms with Crippen molar-refractivity contribution in [2.24, 2.45) is 0 Å². The van der Waals surface area contributed by atoms with E-state index < -0.39 is 5.97 Å². The average molecular weight is 288 g/mol. The summed E-state index contributed by atoms with van der Waals surface area (Å²) in [6, 6.07) is 6.91. The van der Waals surface area contributed by atoms with Crippen LogP contribution in [0.5, 0.6) is 0 Å². The van der Waals surface area contributed by atoms with E-state index in [9.17, 15) is 9.59 Å². The minimum atomic E-state index is -0.822. The molecule has 2 N–H and O–H groups in total. The summed E-state index contributed by atoms with van der Waals surface area (Å²) in [5.41, 5.74) is 1.58. The summed E-state index contributed by atoms with van der Waals surface area (Å²) in [6.07, 6.45) is 6.66. The maximum Gasteiger partial charge on any atom is 0.322 e. The number of hydrogen-bond donors (Lipinski definition) is 2. The first-order valence-electron chi connectivity index (χ1n) is 6.87. The third-order valence-corrected chi connectivity index (χ3v) is 2.90. The highest BCUT2D eigenvalue weighted by Gasteiger charge is 2.11. The maximum atomic E-state index is 12.0. The summed E-state index contributed by atoms with van der Waals surface area (Å²) in [5, 5.41) is 11.4. The van der Waals surface area contributed by atoms with Gasteiger partial charge < -0.3 is 15.3 Å². The molecule has 1 rings (SSSR count). The lowest BCUT2D eigenvalue weighted by molar-refractivity contribution is -0.136.